The maximum absolute atomic E-state index is 13.2. The molecule has 0 aliphatic rings. The predicted octanol–water partition coefficient (Wildman–Crippen LogP) is 2.76. The zero-order valence-corrected chi connectivity index (χ0v) is 13.3. The molecule has 1 aromatic carbocycles. The summed E-state index contributed by atoms with van der Waals surface area (Å²) in [6.45, 7) is 4.61. The largest absolute Gasteiger partial charge is 0.315 e. The number of nitrogens with one attached hydrogen (secondary N) is 1. The zero-order chi connectivity index (χ0) is 15.1. The number of hydrogen-bond donors (Lipinski definition) is 1. The van der Waals surface area contributed by atoms with Gasteiger partial charge in [0.2, 0.25) is 5.16 Å². The molecule has 1 N–H and O–H groups in total. The Kier molecular flexibility index (Phi) is 6.41. The highest BCUT2D eigenvalue weighted by atomic mass is 35.5. The van der Waals surface area contributed by atoms with Gasteiger partial charge in [0.05, 0.1) is 6.54 Å². The zero-order valence-electron chi connectivity index (χ0n) is 11.7. The van der Waals surface area contributed by atoms with Crippen molar-refractivity contribution in [2.75, 3.05) is 13.1 Å². The van der Waals surface area contributed by atoms with Crippen LogP contribution in [0.25, 0.3) is 0 Å². The number of thioether (sulfide) groups is 1. The van der Waals surface area contributed by atoms with E-state index in [0.717, 1.165) is 25.1 Å². The van der Waals surface area contributed by atoms with Crippen molar-refractivity contribution in [2.45, 2.75) is 30.8 Å². The third-order valence-corrected chi connectivity index (χ3v) is 4.17. The molecule has 1 aromatic heterocycles. The lowest BCUT2D eigenvalue weighted by Crippen LogP contribution is -2.21. The topological polar surface area (TPSA) is 55.6 Å². The Balaban J connectivity index is 1.91. The third kappa shape index (κ3) is 4.94. The van der Waals surface area contributed by atoms with Crippen LogP contribution in [0.15, 0.2) is 23.4 Å². The van der Waals surface area contributed by atoms with Gasteiger partial charge in [-0.1, -0.05) is 30.3 Å². The van der Waals surface area contributed by atoms with Crippen LogP contribution in [-0.2, 0) is 12.3 Å². The van der Waals surface area contributed by atoms with E-state index < -0.39 is 0 Å². The fraction of sp³-hybridized carbons (Fsp3) is 0.462. The number of hydrogen-bond acceptors (Lipinski definition) is 5. The first-order valence-corrected chi connectivity index (χ1v) is 8.10. The first kappa shape index (κ1) is 16.2. The van der Waals surface area contributed by atoms with Gasteiger partial charge in [0, 0.05) is 17.3 Å². The SMILES string of the molecule is CCCNCCn1nnnc1SCc1cc(F)ccc1Cl. The summed E-state index contributed by atoms with van der Waals surface area (Å²) < 4.78 is 14.9. The standard InChI is InChI=1S/C13H17ClFN5S/c1-2-5-16-6-7-20-13(17-18-19-20)21-9-10-8-11(15)3-4-12(10)14/h3-4,8,16H,2,5-7,9H2,1H3. The molecule has 0 fully saturated rings. The Morgan fingerprint density at radius 1 is 1.38 bits per heavy atom. The molecule has 0 aliphatic carbocycles. The van der Waals surface area contributed by atoms with Crippen molar-refractivity contribution >= 4 is 23.4 Å². The van der Waals surface area contributed by atoms with Crippen molar-refractivity contribution in [2.24, 2.45) is 0 Å². The van der Waals surface area contributed by atoms with Gasteiger partial charge in [0.15, 0.2) is 0 Å². The molecule has 0 spiro atoms. The van der Waals surface area contributed by atoms with Crippen LogP contribution in [0.5, 0.6) is 0 Å². The van der Waals surface area contributed by atoms with Crippen molar-refractivity contribution in [3.05, 3.63) is 34.6 Å². The molecule has 0 unspecified atom stereocenters. The lowest BCUT2D eigenvalue weighted by Gasteiger charge is -2.06. The molecule has 0 bridgehead atoms. The van der Waals surface area contributed by atoms with Crippen LogP contribution in [0.2, 0.25) is 5.02 Å². The molecule has 0 aliphatic heterocycles. The molecule has 2 aromatic rings. The highest BCUT2D eigenvalue weighted by molar-refractivity contribution is 7.98. The molecule has 0 radical (unpaired) electrons. The maximum Gasteiger partial charge on any atom is 0.209 e. The Labute approximate surface area is 132 Å². The first-order chi connectivity index (χ1) is 10.2. The van der Waals surface area contributed by atoms with Gasteiger partial charge < -0.3 is 5.32 Å². The van der Waals surface area contributed by atoms with Crippen LogP contribution in [0.3, 0.4) is 0 Å². The normalized spacial score (nSPS) is 11.0. The van der Waals surface area contributed by atoms with E-state index in [2.05, 4.69) is 27.8 Å². The van der Waals surface area contributed by atoms with Crippen molar-refractivity contribution in [3.63, 3.8) is 0 Å². The van der Waals surface area contributed by atoms with Crippen molar-refractivity contribution in [3.8, 4) is 0 Å². The van der Waals surface area contributed by atoms with Crippen LogP contribution in [0, 0.1) is 5.82 Å². The highest BCUT2D eigenvalue weighted by Crippen LogP contribution is 2.25. The van der Waals surface area contributed by atoms with Crippen molar-refractivity contribution < 1.29 is 4.39 Å². The van der Waals surface area contributed by atoms with Gasteiger partial charge >= 0.3 is 0 Å². The Morgan fingerprint density at radius 3 is 3.05 bits per heavy atom. The number of nitrogens with zero attached hydrogens (tertiary/aromatic N) is 4. The summed E-state index contributed by atoms with van der Waals surface area (Å²) in [5, 5.41) is 16.2. The van der Waals surface area contributed by atoms with E-state index in [1.165, 1.54) is 23.9 Å². The smallest absolute Gasteiger partial charge is 0.209 e. The maximum atomic E-state index is 13.2. The second-order valence-electron chi connectivity index (χ2n) is 4.46. The molecule has 0 saturated carbocycles. The van der Waals surface area contributed by atoms with Gasteiger partial charge in [-0.2, -0.15) is 0 Å². The van der Waals surface area contributed by atoms with Gasteiger partial charge in [-0.25, -0.2) is 9.07 Å². The quantitative estimate of drug-likeness (QED) is 0.596. The average Bonchev–Trinajstić information content (AvgIpc) is 2.92. The van der Waals surface area contributed by atoms with Crippen molar-refractivity contribution in [1.29, 1.82) is 0 Å². The van der Waals surface area contributed by atoms with Crippen LogP contribution >= 0.6 is 23.4 Å². The predicted molar refractivity (Wildman–Crippen MR) is 81.9 cm³/mol. The molecule has 5 nitrogen and oxygen atoms in total. The number of rotatable bonds is 8. The van der Waals surface area contributed by atoms with Gasteiger partial charge in [-0.15, -0.1) is 5.10 Å². The molecule has 8 heteroatoms. The molecule has 1 heterocycles. The Bertz CT molecular complexity index is 577. The average molecular weight is 330 g/mol. The minimum atomic E-state index is -0.293. The van der Waals surface area contributed by atoms with Crippen LogP contribution in [0.1, 0.15) is 18.9 Å². The van der Waals surface area contributed by atoms with Gasteiger partial charge in [0.25, 0.3) is 0 Å². The van der Waals surface area contributed by atoms with Gasteiger partial charge in [-0.05, 0) is 47.2 Å². The minimum absolute atomic E-state index is 0.293. The molecule has 2 rings (SSSR count). The molecule has 0 saturated heterocycles. The summed E-state index contributed by atoms with van der Waals surface area (Å²) in [6, 6.07) is 4.34. The second kappa shape index (κ2) is 8.31. The fourth-order valence-corrected chi connectivity index (χ4v) is 2.88. The lowest BCUT2D eigenvalue weighted by atomic mass is 10.2. The molecular formula is C13H17ClFN5S. The number of benzene rings is 1. The minimum Gasteiger partial charge on any atom is -0.315 e. The van der Waals surface area contributed by atoms with E-state index >= 15 is 0 Å². The molecule has 0 atom stereocenters. The van der Waals surface area contributed by atoms with Crippen LogP contribution in [-0.4, -0.2) is 33.3 Å². The molecule has 114 valence electrons. The molecular weight excluding hydrogens is 313 g/mol. The van der Waals surface area contributed by atoms with E-state index in [4.69, 9.17) is 11.6 Å². The summed E-state index contributed by atoms with van der Waals surface area (Å²) in [7, 11) is 0. The third-order valence-electron chi connectivity index (χ3n) is 2.79. The highest BCUT2D eigenvalue weighted by Gasteiger charge is 2.09. The Hall–Kier alpha value is -1.18. The Morgan fingerprint density at radius 2 is 2.24 bits per heavy atom. The van der Waals surface area contributed by atoms with E-state index in [9.17, 15) is 4.39 Å². The lowest BCUT2D eigenvalue weighted by molar-refractivity contribution is 0.510. The van der Waals surface area contributed by atoms with Gasteiger partial charge in [-0.3, -0.25) is 0 Å². The fourth-order valence-electron chi connectivity index (χ4n) is 1.72. The van der Waals surface area contributed by atoms with E-state index in [0.29, 0.717) is 22.5 Å². The molecule has 21 heavy (non-hydrogen) atoms. The van der Waals surface area contributed by atoms with Crippen LogP contribution in [0.4, 0.5) is 4.39 Å². The summed E-state index contributed by atoms with van der Waals surface area (Å²) >= 11 is 7.49. The summed E-state index contributed by atoms with van der Waals surface area (Å²) in [6.07, 6.45) is 1.09. The van der Waals surface area contributed by atoms with E-state index in [1.807, 2.05) is 0 Å². The summed E-state index contributed by atoms with van der Waals surface area (Å²) in [4.78, 5) is 0. The summed E-state index contributed by atoms with van der Waals surface area (Å²) in [5.74, 6) is 0.234. The van der Waals surface area contributed by atoms with E-state index in [1.54, 1.807) is 10.7 Å². The number of halogens is 2. The monoisotopic (exact) mass is 329 g/mol. The summed E-state index contributed by atoms with van der Waals surface area (Å²) in [5.41, 5.74) is 0.736. The first-order valence-electron chi connectivity index (χ1n) is 6.74. The number of aromatic nitrogens is 4. The van der Waals surface area contributed by atoms with Crippen LogP contribution < -0.4 is 5.32 Å². The van der Waals surface area contributed by atoms with E-state index in [-0.39, 0.29) is 5.82 Å². The van der Waals surface area contributed by atoms with Gasteiger partial charge in [0.1, 0.15) is 5.82 Å². The second-order valence-corrected chi connectivity index (χ2v) is 5.81. The van der Waals surface area contributed by atoms with Crippen molar-refractivity contribution in [1.82, 2.24) is 25.5 Å². The number of tetrazole rings is 1. The molecule has 0 amide bonds.